The van der Waals surface area contributed by atoms with Crippen LogP contribution in [0.2, 0.25) is 0 Å². The maximum absolute atomic E-state index is 13.6. The van der Waals surface area contributed by atoms with Crippen molar-refractivity contribution in [1.29, 1.82) is 0 Å². The summed E-state index contributed by atoms with van der Waals surface area (Å²) in [7, 11) is 1.74. The van der Waals surface area contributed by atoms with E-state index in [4.69, 9.17) is 5.73 Å². The third-order valence-corrected chi connectivity index (χ3v) is 2.99. The van der Waals surface area contributed by atoms with Gasteiger partial charge in [-0.3, -0.25) is 0 Å². The van der Waals surface area contributed by atoms with Gasteiger partial charge in [0.15, 0.2) is 0 Å². The lowest BCUT2D eigenvalue weighted by molar-refractivity contribution is 0.295. The number of hydrogen-bond donors (Lipinski definition) is 2. The van der Waals surface area contributed by atoms with Gasteiger partial charge in [0.1, 0.15) is 11.6 Å². The summed E-state index contributed by atoms with van der Waals surface area (Å²) < 4.78 is 26.8. The molecule has 0 saturated carbocycles. The number of halogens is 2. The lowest BCUT2D eigenvalue weighted by Crippen LogP contribution is -2.30. The van der Waals surface area contributed by atoms with E-state index in [2.05, 4.69) is 5.32 Å². The predicted octanol–water partition coefficient (Wildman–Crippen LogP) is 2.60. The molecule has 0 bridgehead atoms. The van der Waals surface area contributed by atoms with Gasteiger partial charge in [-0.05, 0) is 43.6 Å². The van der Waals surface area contributed by atoms with E-state index in [0.29, 0.717) is 18.5 Å². The van der Waals surface area contributed by atoms with Gasteiger partial charge in [0.05, 0.1) is 0 Å². The molecular formula is C13H20F2N2. The fourth-order valence-corrected chi connectivity index (χ4v) is 1.79. The number of nitrogens with two attached hydrogens (primary N) is 1. The molecule has 2 nitrogen and oxygen atoms in total. The fraction of sp³-hybridized carbons (Fsp3) is 0.538. The molecule has 1 rings (SSSR count). The molecule has 3 N–H and O–H groups in total. The number of nitrogens with one attached hydrogen (secondary N) is 1. The summed E-state index contributed by atoms with van der Waals surface area (Å²) in [4.78, 5) is 0. The van der Waals surface area contributed by atoms with Crippen molar-refractivity contribution < 1.29 is 8.78 Å². The number of hydrogen-bond acceptors (Lipinski definition) is 2. The zero-order chi connectivity index (χ0) is 13.1. The van der Waals surface area contributed by atoms with Crippen molar-refractivity contribution in [2.75, 3.05) is 13.6 Å². The van der Waals surface area contributed by atoms with Crippen LogP contribution < -0.4 is 11.1 Å². The van der Waals surface area contributed by atoms with Gasteiger partial charge in [-0.15, -0.1) is 0 Å². The van der Waals surface area contributed by atoms with Crippen LogP contribution in [0.25, 0.3) is 0 Å². The van der Waals surface area contributed by atoms with Gasteiger partial charge < -0.3 is 11.1 Å². The van der Waals surface area contributed by atoms with Gasteiger partial charge in [0.25, 0.3) is 0 Å². The van der Waals surface area contributed by atoms with Crippen LogP contribution in [0.15, 0.2) is 18.2 Å². The highest BCUT2D eigenvalue weighted by Crippen LogP contribution is 2.30. The second-order valence-corrected chi connectivity index (χ2v) is 5.08. The van der Waals surface area contributed by atoms with E-state index in [-0.39, 0.29) is 11.5 Å². The van der Waals surface area contributed by atoms with Gasteiger partial charge in [0.2, 0.25) is 0 Å². The fourth-order valence-electron chi connectivity index (χ4n) is 1.79. The summed E-state index contributed by atoms with van der Waals surface area (Å²) in [6.45, 7) is 4.52. The normalized spacial score (nSPS) is 13.8. The highest BCUT2D eigenvalue weighted by Gasteiger charge is 2.24. The summed E-state index contributed by atoms with van der Waals surface area (Å²) in [6.07, 6.45) is 0.653. The molecule has 17 heavy (non-hydrogen) atoms. The van der Waals surface area contributed by atoms with Crippen LogP contribution in [-0.2, 0) is 0 Å². The molecule has 0 aliphatic rings. The van der Waals surface area contributed by atoms with Gasteiger partial charge in [-0.25, -0.2) is 8.78 Å². The lowest BCUT2D eigenvalue weighted by atomic mass is 9.83. The van der Waals surface area contributed by atoms with Crippen molar-refractivity contribution in [3.63, 3.8) is 0 Å². The molecule has 0 heterocycles. The highest BCUT2D eigenvalue weighted by atomic mass is 19.1. The van der Waals surface area contributed by atoms with E-state index in [1.54, 1.807) is 7.05 Å². The van der Waals surface area contributed by atoms with Crippen molar-refractivity contribution in [2.45, 2.75) is 26.3 Å². The third kappa shape index (κ3) is 3.75. The van der Waals surface area contributed by atoms with Gasteiger partial charge in [-0.1, -0.05) is 13.8 Å². The molecule has 1 aromatic carbocycles. The molecule has 0 aromatic heterocycles. The highest BCUT2D eigenvalue weighted by molar-refractivity contribution is 5.22. The Morgan fingerprint density at radius 2 is 2.00 bits per heavy atom. The first-order valence-electron chi connectivity index (χ1n) is 5.72. The van der Waals surface area contributed by atoms with E-state index < -0.39 is 11.6 Å². The zero-order valence-electron chi connectivity index (χ0n) is 10.6. The quantitative estimate of drug-likeness (QED) is 0.833. The summed E-state index contributed by atoms with van der Waals surface area (Å²) >= 11 is 0. The smallest absolute Gasteiger partial charge is 0.128 e. The monoisotopic (exact) mass is 242 g/mol. The van der Waals surface area contributed by atoms with Crippen LogP contribution in [0, 0.1) is 17.0 Å². The van der Waals surface area contributed by atoms with Crippen molar-refractivity contribution >= 4 is 0 Å². The molecular weight excluding hydrogens is 222 g/mol. The third-order valence-electron chi connectivity index (χ3n) is 2.99. The summed E-state index contributed by atoms with van der Waals surface area (Å²) in [5.74, 6) is -0.814. The minimum absolute atomic E-state index is 0.119. The Bertz CT molecular complexity index is 378. The molecule has 96 valence electrons. The maximum atomic E-state index is 13.6. The van der Waals surface area contributed by atoms with Gasteiger partial charge >= 0.3 is 0 Å². The van der Waals surface area contributed by atoms with E-state index >= 15 is 0 Å². The average Bonchev–Trinajstić information content (AvgIpc) is 2.29. The Balaban J connectivity index is 2.97. The minimum atomic E-state index is -0.424. The molecule has 1 aromatic rings. The molecule has 4 heteroatoms. The Morgan fingerprint density at radius 3 is 2.53 bits per heavy atom. The Kier molecular flexibility index (Phi) is 4.60. The van der Waals surface area contributed by atoms with Crippen LogP contribution in [0.1, 0.15) is 31.9 Å². The van der Waals surface area contributed by atoms with Crippen LogP contribution in [0.4, 0.5) is 8.78 Å². The first kappa shape index (κ1) is 14.1. The second-order valence-electron chi connectivity index (χ2n) is 5.08. The lowest BCUT2D eigenvalue weighted by Gasteiger charge is -2.28. The topological polar surface area (TPSA) is 38.0 Å². The molecule has 1 unspecified atom stereocenters. The van der Waals surface area contributed by atoms with Crippen molar-refractivity contribution in [1.82, 2.24) is 5.32 Å². The second kappa shape index (κ2) is 5.56. The van der Waals surface area contributed by atoms with Crippen LogP contribution >= 0.6 is 0 Å². The number of rotatable bonds is 5. The predicted molar refractivity (Wildman–Crippen MR) is 65.6 cm³/mol. The molecule has 0 fully saturated rings. The first-order valence-corrected chi connectivity index (χ1v) is 5.72. The van der Waals surface area contributed by atoms with Crippen LogP contribution in [-0.4, -0.2) is 13.6 Å². The van der Waals surface area contributed by atoms with E-state index in [1.165, 1.54) is 6.07 Å². The van der Waals surface area contributed by atoms with E-state index in [1.807, 2.05) is 13.8 Å². The summed E-state index contributed by atoms with van der Waals surface area (Å²) in [5, 5.41) is 3.01. The Labute approximate surface area is 101 Å². The molecule has 0 radical (unpaired) electrons. The van der Waals surface area contributed by atoms with Gasteiger partial charge in [-0.2, -0.15) is 0 Å². The molecule has 0 aliphatic carbocycles. The molecule has 0 amide bonds. The largest absolute Gasteiger partial charge is 0.330 e. The Hall–Kier alpha value is -1.00. The average molecular weight is 242 g/mol. The Morgan fingerprint density at radius 1 is 1.35 bits per heavy atom. The molecule has 0 spiro atoms. The van der Waals surface area contributed by atoms with Crippen molar-refractivity contribution in [3.05, 3.63) is 35.4 Å². The molecule has 1 atom stereocenters. The standard InChI is InChI=1S/C13H20F2N2/c1-13(2,8-16)7-12(17-3)10-6-9(14)4-5-11(10)15/h4-6,12,17H,7-8,16H2,1-3H3. The minimum Gasteiger partial charge on any atom is -0.330 e. The molecule has 0 saturated heterocycles. The van der Waals surface area contributed by atoms with Crippen molar-refractivity contribution in [2.24, 2.45) is 11.1 Å². The van der Waals surface area contributed by atoms with Gasteiger partial charge in [0, 0.05) is 11.6 Å². The SMILES string of the molecule is CNC(CC(C)(C)CN)c1cc(F)ccc1F. The first-order chi connectivity index (χ1) is 7.89. The van der Waals surface area contributed by atoms with Crippen LogP contribution in [0.5, 0.6) is 0 Å². The maximum Gasteiger partial charge on any atom is 0.128 e. The summed E-state index contributed by atoms with van der Waals surface area (Å²) in [5.41, 5.74) is 5.90. The zero-order valence-corrected chi connectivity index (χ0v) is 10.6. The number of benzene rings is 1. The van der Waals surface area contributed by atoms with Crippen LogP contribution in [0.3, 0.4) is 0 Å². The van der Waals surface area contributed by atoms with E-state index in [9.17, 15) is 8.78 Å². The van der Waals surface area contributed by atoms with E-state index in [0.717, 1.165) is 12.1 Å². The molecule has 0 aliphatic heterocycles. The summed E-state index contributed by atoms with van der Waals surface area (Å²) in [6, 6.07) is 3.29. The van der Waals surface area contributed by atoms with Crippen molar-refractivity contribution in [3.8, 4) is 0 Å².